The van der Waals surface area contributed by atoms with E-state index >= 15 is 0 Å². The predicted molar refractivity (Wildman–Crippen MR) is 60.8 cm³/mol. The van der Waals surface area contributed by atoms with E-state index in [-0.39, 0.29) is 0 Å². The van der Waals surface area contributed by atoms with Crippen LogP contribution in [0, 0.1) is 6.92 Å². The number of benzene rings is 1. The van der Waals surface area contributed by atoms with E-state index < -0.39 is 0 Å². The Morgan fingerprint density at radius 3 is 2.93 bits per heavy atom. The molecule has 1 aromatic carbocycles. The maximum Gasteiger partial charge on any atom is 0.0721 e. The van der Waals surface area contributed by atoms with Crippen molar-refractivity contribution in [1.29, 1.82) is 0 Å². The van der Waals surface area contributed by atoms with Gasteiger partial charge in [0.2, 0.25) is 0 Å². The first-order valence-electron chi connectivity index (χ1n) is 4.55. The lowest BCUT2D eigenvalue weighted by molar-refractivity contribution is 0.930. The molecule has 0 saturated heterocycles. The molecule has 0 amide bonds. The van der Waals surface area contributed by atoms with Crippen molar-refractivity contribution < 1.29 is 0 Å². The fourth-order valence-electron chi connectivity index (χ4n) is 1.54. The maximum atomic E-state index is 4.25. The standard InChI is InChI=1S/C12H12N2/c1-3-8-13-14-9-10(2)11-6-4-5-7-12(11)14/h3-9H,1H2,2H3/b13-8+. The minimum absolute atomic E-state index is 1.13. The van der Waals surface area contributed by atoms with Crippen LogP contribution in [0.1, 0.15) is 5.56 Å². The normalized spacial score (nSPS) is 11.2. The molecule has 0 aliphatic carbocycles. The van der Waals surface area contributed by atoms with Crippen molar-refractivity contribution in [1.82, 2.24) is 4.68 Å². The van der Waals surface area contributed by atoms with Gasteiger partial charge in [0.25, 0.3) is 0 Å². The summed E-state index contributed by atoms with van der Waals surface area (Å²) < 4.78 is 1.87. The minimum Gasteiger partial charge on any atom is -0.240 e. The van der Waals surface area contributed by atoms with E-state index in [1.54, 1.807) is 12.3 Å². The first-order chi connectivity index (χ1) is 6.83. The number of aryl methyl sites for hydroxylation is 1. The van der Waals surface area contributed by atoms with Crippen molar-refractivity contribution in [3.05, 3.63) is 48.7 Å². The first kappa shape index (κ1) is 8.75. The first-order valence-corrected chi connectivity index (χ1v) is 4.55. The molecule has 1 aromatic heterocycles. The maximum absolute atomic E-state index is 4.25. The van der Waals surface area contributed by atoms with Gasteiger partial charge in [-0.2, -0.15) is 5.10 Å². The second kappa shape index (κ2) is 3.50. The summed E-state index contributed by atoms with van der Waals surface area (Å²) in [6.07, 6.45) is 5.38. The highest BCUT2D eigenvalue weighted by Gasteiger charge is 2.01. The van der Waals surface area contributed by atoms with Crippen LogP contribution in [0.15, 0.2) is 48.2 Å². The number of allylic oxidation sites excluding steroid dienone is 1. The van der Waals surface area contributed by atoms with Crippen molar-refractivity contribution in [2.24, 2.45) is 5.10 Å². The van der Waals surface area contributed by atoms with E-state index in [0.29, 0.717) is 0 Å². The largest absolute Gasteiger partial charge is 0.240 e. The molecule has 0 unspecified atom stereocenters. The van der Waals surface area contributed by atoms with Crippen molar-refractivity contribution >= 4 is 17.1 Å². The summed E-state index contributed by atoms with van der Waals surface area (Å²) in [7, 11) is 0. The molecule has 2 nitrogen and oxygen atoms in total. The van der Waals surface area contributed by atoms with E-state index in [0.717, 1.165) is 5.52 Å². The summed E-state index contributed by atoms with van der Waals surface area (Å²) in [5, 5.41) is 5.49. The molecule has 14 heavy (non-hydrogen) atoms. The molecule has 70 valence electrons. The highest BCUT2D eigenvalue weighted by Crippen LogP contribution is 2.19. The zero-order valence-electron chi connectivity index (χ0n) is 8.14. The second-order valence-corrected chi connectivity index (χ2v) is 3.17. The number of fused-ring (bicyclic) bond motifs is 1. The van der Waals surface area contributed by atoms with E-state index in [4.69, 9.17) is 0 Å². The molecule has 2 rings (SSSR count). The number of rotatable bonds is 2. The summed E-state index contributed by atoms with van der Waals surface area (Å²) in [4.78, 5) is 0. The second-order valence-electron chi connectivity index (χ2n) is 3.17. The lowest BCUT2D eigenvalue weighted by Gasteiger charge is -1.94. The van der Waals surface area contributed by atoms with Crippen LogP contribution in [0.3, 0.4) is 0 Å². The third kappa shape index (κ3) is 1.35. The molecule has 0 bridgehead atoms. The third-order valence-corrected chi connectivity index (χ3v) is 2.19. The Morgan fingerprint density at radius 2 is 2.14 bits per heavy atom. The van der Waals surface area contributed by atoms with Gasteiger partial charge in [0.05, 0.1) is 5.52 Å². The smallest absolute Gasteiger partial charge is 0.0721 e. The number of hydrogen-bond acceptors (Lipinski definition) is 1. The van der Waals surface area contributed by atoms with Gasteiger partial charge in [-0.1, -0.05) is 24.8 Å². The van der Waals surface area contributed by atoms with Gasteiger partial charge in [-0.05, 0) is 24.6 Å². The Morgan fingerprint density at radius 1 is 1.36 bits per heavy atom. The molecule has 0 aliphatic rings. The molecule has 0 radical (unpaired) electrons. The van der Waals surface area contributed by atoms with E-state index in [9.17, 15) is 0 Å². The SMILES string of the molecule is C=C/C=N/n1cc(C)c2ccccc21. The van der Waals surface area contributed by atoms with E-state index in [2.05, 4.69) is 30.7 Å². The summed E-state index contributed by atoms with van der Waals surface area (Å²) >= 11 is 0. The average Bonchev–Trinajstić information content (AvgIpc) is 2.54. The van der Waals surface area contributed by atoms with Crippen LogP contribution in [0.25, 0.3) is 10.9 Å². The van der Waals surface area contributed by atoms with Gasteiger partial charge >= 0.3 is 0 Å². The molecule has 1 heterocycles. The molecule has 2 heteroatoms. The topological polar surface area (TPSA) is 17.3 Å². The Kier molecular flexibility index (Phi) is 2.19. The fourth-order valence-corrected chi connectivity index (χ4v) is 1.54. The number of nitrogens with zero attached hydrogens (tertiary/aromatic N) is 2. The van der Waals surface area contributed by atoms with Crippen molar-refractivity contribution in [2.75, 3.05) is 0 Å². The van der Waals surface area contributed by atoms with Crippen LogP contribution in [0.4, 0.5) is 0 Å². The Labute approximate surface area is 83.2 Å². The zero-order valence-corrected chi connectivity index (χ0v) is 8.14. The Balaban J connectivity index is 2.66. The van der Waals surface area contributed by atoms with Crippen LogP contribution in [0.5, 0.6) is 0 Å². The molecular formula is C12H12N2. The summed E-state index contributed by atoms with van der Waals surface area (Å²) in [5.74, 6) is 0. The summed E-state index contributed by atoms with van der Waals surface area (Å²) in [5.41, 5.74) is 2.37. The Hall–Kier alpha value is -1.83. The highest BCUT2D eigenvalue weighted by molar-refractivity contribution is 5.84. The molecule has 0 saturated carbocycles. The van der Waals surface area contributed by atoms with Crippen LogP contribution >= 0.6 is 0 Å². The number of hydrogen-bond donors (Lipinski definition) is 0. The quantitative estimate of drug-likeness (QED) is 0.638. The lowest BCUT2D eigenvalue weighted by atomic mass is 10.2. The van der Waals surface area contributed by atoms with Gasteiger partial charge < -0.3 is 0 Å². The molecule has 2 aromatic rings. The van der Waals surface area contributed by atoms with Crippen LogP contribution in [-0.4, -0.2) is 10.9 Å². The number of aromatic nitrogens is 1. The molecule has 0 spiro atoms. The molecular weight excluding hydrogens is 172 g/mol. The van der Waals surface area contributed by atoms with Gasteiger partial charge in [-0.3, -0.25) is 0 Å². The Bertz CT molecular complexity index is 492. The van der Waals surface area contributed by atoms with Crippen LogP contribution in [0.2, 0.25) is 0 Å². The number of para-hydroxylation sites is 1. The van der Waals surface area contributed by atoms with Gasteiger partial charge in [0.1, 0.15) is 0 Å². The molecule has 0 N–H and O–H groups in total. The molecule has 0 atom stereocenters. The van der Waals surface area contributed by atoms with E-state index in [1.807, 2.05) is 23.0 Å². The highest BCUT2D eigenvalue weighted by atomic mass is 15.3. The van der Waals surface area contributed by atoms with Gasteiger partial charge in [-0.15, -0.1) is 0 Å². The van der Waals surface area contributed by atoms with Crippen molar-refractivity contribution in [3.8, 4) is 0 Å². The third-order valence-electron chi connectivity index (χ3n) is 2.19. The van der Waals surface area contributed by atoms with Crippen molar-refractivity contribution in [2.45, 2.75) is 6.92 Å². The lowest BCUT2D eigenvalue weighted by Crippen LogP contribution is -1.84. The predicted octanol–water partition coefficient (Wildman–Crippen LogP) is 2.97. The van der Waals surface area contributed by atoms with Crippen LogP contribution in [-0.2, 0) is 0 Å². The summed E-state index contributed by atoms with van der Waals surface area (Å²) in [6.45, 7) is 5.69. The van der Waals surface area contributed by atoms with Gasteiger partial charge in [0, 0.05) is 17.8 Å². The van der Waals surface area contributed by atoms with Gasteiger partial charge in [-0.25, -0.2) is 4.68 Å². The average molecular weight is 184 g/mol. The van der Waals surface area contributed by atoms with Gasteiger partial charge in [0.15, 0.2) is 0 Å². The fraction of sp³-hybridized carbons (Fsp3) is 0.0833. The zero-order chi connectivity index (χ0) is 9.97. The van der Waals surface area contributed by atoms with Crippen molar-refractivity contribution in [3.63, 3.8) is 0 Å². The minimum atomic E-state index is 1.13. The molecule has 0 fully saturated rings. The van der Waals surface area contributed by atoms with E-state index in [1.165, 1.54) is 10.9 Å². The van der Waals surface area contributed by atoms with Crippen LogP contribution < -0.4 is 0 Å². The summed E-state index contributed by atoms with van der Waals surface area (Å²) in [6, 6.07) is 8.21. The molecule has 0 aliphatic heterocycles. The monoisotopic (exact) mass is 184 g/mol.